The van der Waals surface area contributed by atoms with Crippen molar-refractivity contribution in [1.29, 1.82) is 0 Å². The summed E-state index contributed by atoms with van der Waals surface area (Å²) in [6.07, 6.45) is 0.0190. The van der Waals surface area contributed by atoms with E-state index in [0.717, 1.165) is 37.5 Å². The normalized spacial score (nSPS) is 16.0. The molecule has 2 heterocycles. The fraction of sp³-hybridized carbons (Fsp3) is 0.323. The number of hydrogen-bond donors (Lipinski definition) is 1. The van der Waals surface area contributed by atoms with Crippen LogP contribution in [0.25, 0.3) is 0 Å². The van der Waals surface area contributed by atoms with Gasteiger partial charge in [0, 0.05) is 39.1 Å². The molecule has 2 fully saturated rings. The molecule has 0 unspecified atom stereocenters. The van der Waals surface area contributed by atoms with E-state index in [9.17, 15) is 9.59 Å². The number of rotatable bonds is 9. The smallest absolute Gasteiger partial charge is 0.410 e. The SMILES string of the molecule is O=C(CCN1CCN(C(c2ccccc2)c2ccccc2)CC1)NN=C1CN(C(=O)OCc2ccccc2)C1. The molecule has 2 aliphatic heterocycles. The van der Waals surface area contributed by atoms with Crippen LogP contribution in [0.4, 0.5) is 4.79 Å². The third-order valence-corrected chi connectivity index (χ3v) is 7.21. The standard InChI is InChI=1S/C31H35N5O3/c37-29(33-32-28-22-36(23-28)31(38)39-24-25-10-4-1-5-11-25)16-17-34-18-20-35(21-19-34)30(26-12-6-2-7-13-26)27-14-8-3-9-15-27/h1-15,30H,16-24H2,(H,33,37). The van der Waals surface area contributed by atoms with Crippen molar-refractivity contribution in [3.05, 3.63) is 108 Å². The monoisotopic (exact) mass is 525 g/mol. The molecule has 1 N–H and O–H groups in total. The molecule has 202 valence electrons. The van der Waals surface area contributed by atoms with E-state index in [4.69, 9.17) is 4.74 Å². The van der Waals surface area contributed by atoms with Crippen molar-refractivity contribution in [1.82, 2.24) is 20.1 Å². The van der Waals surface area contributed by atoms with Crippen molar-refractivity contribution in [2.24, 2.45) is 5.10 Å². The average Bonchev–Trinajstić information content (AvgIpc) is 2.96. The van der Waals surface area contributed by atoms with Gasteiger partial charge in [-0.2, -0.15) is 5.10 Å². The number of amides is 2. The highest BCUT2D eigenvalue weighted by atomic mass is 16.6. The zero-order chi connectivity index (χ0) is 26.9. The minimum Gasteiger partial charge on any atom is -0.445 e. The fourth-order valence-corrected chi connectivity index (χ4v) is 4.99. The summed E-state index contributed by atoms with van der Waals surface area (Å²) in [6.45, 7) is 5.40. The van der Waals surface area contributed by atoms with Crippen LogP contribution in [0.15, 0.2) is 96.1 Å². The Hall–Kier alpha value is -4.01. The summed E-state index contributed by atoms with van der Waals surface area (Å²) in [5.74, 6) is -0.110. The van der Waals surface area contributed by atoms with E-state index in [1.165, 1.54) is 11.1 Å². The molecule has 2 aliphatic rings. The summed E-state index contributed by atoms with van der Waals surface area (Å²) < 4.78 is 5.32. The predicted molar refractivity (Wildman–Crippen MR) is 151 cm³/mol. The summed E-state index contributed by atoms with van der Waals surface area (Å²) in [7, 11) is 0. The summed E-state index contributed by atoms with van der Waals surface area (Å²) in [5.41, 5.74) is 6.96. The minimum atomic E-state index is -0.370. The Bertz CT molecular complexity index is 1200. The van der Waals surface area contributed by atoms with E-state index >= 15 is 0 Å². The van der Waals surface area contributed by atoms with Gasteiger partial charge in [-0.25, -0.2) is 10.2 Å². The van der Waals surface area contributed by atoms with Crippen LogP contribution >= 0.6 is 0 Å². The maximum atomic E-state index is 12.4. The number of hydrazone groups is 1. The highest BCUT2D eigenvalue weighted by Crippen LogP contribution is 2.29. The predicted octanol–water partition coefficient (Wildman–Crippen LogP) is 3.91. The number of likely N-dealkylation sites (tertiary alicyclic amines) is 1. The second-order valence-corrected chi connectivity index (χ2v) is 9.96. The van der Waals surface area contributed by atoms with E-state index in [1.807, 2.05) is 30.3 Å². The first kappa shape index (κ1) is 26.6. The molecule has 39 heavy (non-hydrogen) atoms. The molecule has 5 rings (SSSR count). The van der Waals surface area contributed by atoms with Gasteiger partial charge in [0.2, 0.25) is 5.91 Å². The number of nitrogens with zero attached hydrogens (tertiary/aromatic N) is 4. The molecule has 0 bridgehead atoms. The Kier molecular flexibility index (Phi) is 8.98. The van der Waals surface area contributed by atoms with Gasteiger partial charge in [-0.05, 0) is 16.7 Å². The van der Waals surface area contributed by atoms with Gasteiger partial charge in [-0.15, -0.1) is 0 Å². The Morgan fingerprint density at radius 2 is 1.36 bits per heavy atom. The molecule has 0 aliphatic carbocycles. The maximum absolute atomic E-state index is 12.4. The van der Waals surface area contributed by atoms with Gasteiger partial charge < -0.3 is 9.64 Å². The number of carbonyl (C=O) groups excluding carboxylic acids is 2. The molecular formula is C31H35N5O3. The number of hydrogen-bond acceptors (Lipinski definition) is 6. The highest BCUT2D eigenvalue weighted by molar-refractivity contribution is 5.98. The Labute approximate surface area is 229 Å². The third-order valence-electron chi connectivity index (χ3n) is 7.21. The Balaban J connectivity index is 1.01. The van der Waals surface area contributed by atoms with Crippen molar-refractivity contribution in [2.75, 3.05) is 45.8 Å². The van der Waals surface area contributed by atoms with E-state index < -0.39 is 0 Å². The number of ether oxygens (including phenoxy) is 1. The molecule has 0 saturated carbocycles. The largest absolute Gasteiger partial charge is 0.445 e. The lowest BCUT2D eigenvalue weighted by atomic mass is 9.96. The highest BCUT2D eigenvalue weighted by Gasteiger charge is 2.29. The third kappa shape index (κ3) is 7.31. The maximum Gasteiger partial charge on any atom is 0.410 e. The number of nitrogens with one attached hydrogen (secondary N) is 1. The number of piperazine rings is 1. The zero-order valence-electron chi connectivity index (χ0n) is 22.1. The molecule has 0 radical (unpaired) electrons. The van der Waals surface area contributed by atoms with Crippen molar-refractivity contribution < 1.29 is 14.3 Å². The topological polar surface area (TPSA) is 77.5 Å². The van der Waals surface area contributed by atoms with Crippen LogP contribution in [0.5, 0.6) is 0 Å². The van der Waals surface area contributed by atoms with Crippen LogP contribution < -0.4 is 5.43 Å². The van der Waals surface area contributed by atoms with Crippen molar-refractivity contribution >= 4 is 17.7 Å². The van der Waals surface area contributed by atoms with Gasteiger partial charge in [0.05, 0.1) is 24.8 Å². The van der Waals surface area contributed by atoms with Crippen molar-refractivity contribution in [2.45, 2.75) is 19.1 Å². The first-order valence-electron chi connectivity index (χ1n) is 13.5. The second kappa shape index (κ2) is 13.2. The molecule has 2 amide bonds. The van der Waals surface area contributed by atoms with Gasteiger partial charge in [-0.3, -0.25) is 14.6 Å². The minimum absolute atomic E-state index is 0.110. The van der Waals surface area contributed by atoms with Gasteiger partial charge in [0.15, 0.2) is 0 Å². The molecule has 0 spiro atoms. The van der Waals surface area contributed by atoms with E-state index in [1.54, 1.807) is 4.90 Å². The summed E-state index contributed by atoms with van der Waals surface area (Å²) in [6, 6.07) is 31.1. The lowest BCUT2D eigenvalue weighted by Crippen LogP contribution is -2.51. The van der Waals surface area contributed by atoms with Crippen LogP contribution in [-0.2, 0) is 16.1 Å². The Morgan fingerprint density at radius 1 is 0.795 bits per heavy atom. The lowest BCUT2D eigenvalue weighted by Gasteiger charge is -2.39. The molecular weight excluding hydrogens is 490 g/mol. The van der Waals surface area contributed by atoms with E-state index in [2.05, 4.69) is 81.0 Å². The molecule has 0 atom stereocenters. The van der Waals surface area contributed by atoms with Crippen LogP contribution in [0.3, 0.4) is 0 Å². The van der Waals surface area contributed by atoms with E-state index in [-0.39, 0.29) is 24.6 Å². The lowest BCUT2D eigenvalue weighted by molar-refractivity contribution is -0.121. The molecule has 3 aromatic rings. The van der Waals surface area contributed by atoms with Gasteiger partial charge in [0.1, 0.15) is 6.61 Å². The number of carbonyl (C=O) groups is 2. The van der Waals surface area contributed by atoms with Crippen LogP contribution in [-0.4, -0.2) is 78.2 Å². The molecule has 0 aromatic heterocycles. The molecule has 8 nitrogen and oxygen atoms in total. The molecule has 2 saturated heterocycles. The molecule has 8 heteroatoms. The van der Waals surface area contributed by atoms with Gasteiger partial charge >= 0.3 is 6.09 Å². The van der Waals surface area contributed by atoms with Crippen LogP contribution in [0.1, 0.15) is 29.2 Å². The second-order valence-electron chi connectivity index (χ2n) is 9.96. The fourth-order valence-electron chi connectivity index (χ4n) is 4.99. The first-order valence-corrected chi connectivity index (χ1v) is 13.5. The average molecular weight is 526 g/mol. The van der Waals surface area contributed by atoms with Crippen LogP contribution in [0, 0.1) is 0 Å². The van der Waals surface area contributed by atoms with E-state index in [0.29, 0.717) is 26.1 Å². The Morgan fingerprint density at radius 3 is 1.95 bits per heavy atom. The first-order chi connectivity index (χ1) is 19.2. The zero-order valence-corrected chi connectivity index (χ0v) is 22.1. The van der Waals surface area contributed by atoms with Crippen molar-refractivity contribution in [3.8, 4) is 0 Å². The molecule has 3 aromatic carbocycles. The number of benzene rings is 3. The summed E-state index contributed by atoms with van der Waals surface area (Å²) in [4.78, 5) is 31.0. The van der Waals surface area contributed by atoms with Gasteiger partial charge in [0.25, 0.3) is 0 Å². The quantitative estimate of drug-likeness (QED) is 0.429. The summed E-state index contributed by atoms with van der Waals surface area (Å²) in [5, 5.41) is 4.19. The van der Waals surface area contributed by atoms with Crippen molar-refractivity contribution in [3.63, 3.8) is 0 Å². The summed E-state index contributed by atoms with van der Waals surface area (Å²) >= 11 is 0. The van der Waals surface area contributed by atoms with Crippen LogP contribution in [0.2, 0.25) is 0 Å². The van der Waals surface area contributed by atoms with Gasteiger partial charge in [-0.1, -0.05) is 91.0 Å².